The van der Waals surface area contributed by atoms with Crippen LogP contribution in [0.5, 0.6) is 5.75 Å². The summed E-state index contributed by atoms with van der Waals surface area (Å²) in [6.07, 6.45) is 1.36. The quantitative estimate of drug-likeness (QED) is 0.726. The van der Waals surface area contributed by atoms with Crippen molar-refractivity contribution in [1.82, 2.24) is 9.97 Å². The van der Waals surface area contributed by atoms with E-state index in [1.807, 2.05) is 50.2 Å². The summed E-state index contributed by atoms with van der Waals surface area (Å²) in [5.41, 5.74) is 3.94. The van der Waals surface area contributed by atoms with Crippen LogP contribution in [0.3, 0.4) is 0 Å². The lowest BCUT2D eigenvalue weighted by Gasteiger charge is -2.11. The van der Waals surface area contributed by atoms with Gasteiger partial charge in [-0.25, -0.2) is 9.97 Å². The minimum absolute atomic E-state index is 0.275. The first-order chi connectivity index (χ1) is 12.5. The van der Waals surface area contributed by atoms with Crippen molar-refractivity contribution in [3.63, 3.8) is 0 Å². The summed E-state index contributed by atoms with van der Waals surface area (Å²) in [6.45, 7) is 3.98. The van der Waals surface area contributed by atoms with E-state index < -0.39 is 0 Å². The third-order valence-corrected chi connectivity index (χ3v) is 3.75. The predicted octanol–water partition coefficient (Wildman–Crippen LogP) is 4.10. The summed E-state index contributed by atoms with van der Waals surface area (Å²) in [7, 11) is 1.60. The van der Waals surface area contributed by atoms with Gasteiger partial charge in [0.25, 0.3) is 5.91 Å². The molecule has 1 aromatic heterocycles. The van der Waals surface area contributed by atoms with E-state index >= 15 is 0 Å². The van der Waals surface area contributed by atoms with Crippen LogP contribution in [0.4, 0.5) is 17.2 Å². The minimum Gasteiger partial charge on any atom is -0.495 e. The number of ether oxygens (including phenoxy) is 1. The van der Waals surface area contributed by atoms with Gasteiger partial charge in [-0.1, -0.05) is 18.2 Å². The van der Waals surface area contributed by atoms with Gasteiger partial charge in [-0.05, 0) is 49.2 Å². The maximum Gasteiger partial charge on any atom is 0.274 e. The minimum atomic E-state index is -0.291. The van der Waals surface area contributed by atoms with Crippen LogP contribution in [0.2, 0.25) is 0 Å². The molecule has 0 saturated heterocycles. The van der Waals surface area contributed by atoms with Crippen LogP contribution in [0.1, 0.15) is 21.6 Å². The fraction of sp³-hybridized carbons (Fsp3) is 0.150. The van der Waals surface area contributed by atoms with E-state index in [-0.39, 0.29) is 11.6 Å². The van der Waals surface area contributed by atoms with E-state index in [4.69, 9.17) is 4.74 Å². The molecule has 3 rings (SSSR count). The SMILES string of the molecule is COc1ccccc1Nc1cc(C(=O)Nc2cc(C)cc(C)c2)ncn1. The molecule has 0 aliphatic carbocycles. The number of rotatable bonds is 5. The first kappa shape index (κ1) is 17.4. The molecule has 0 atom stereocenters. The summed E-state index contributed by atoms with van der Waals surface area (Å²) < 4.78 is 5.31. The van der Waals surface area contributed by atoms with Crippen LogP contribution < -0.4 is 15.4 Å². The second kappa shape index (κ2) is 7.65. The Morgan fingerprint density at radius 1 is 1.00 bits per heavy atom. The Labute approximate surface area is 152 Å². The number of aromatic nitrogens is 2. The highest BCUT2D eigenvalue weighted by Crippen LogP contribution is 2.26. The maximum atomic E-state index is 12.5. The standard InChI is InChI=1S/C20H20N4O2/c1-13-8-14(2)10-15(9-13)23-20(25)17-11-19(22-12-21-17)24-16-6-4-5-7-18(16)26-3/h4-12H,1-3H3,(H,23,25)(H,21,22,24). The molecule has 2 N–H and O–H groups in total. The maximum absolute atomic E-state index is 12.5. The van der Waals surface area contributed by atoms with Gasteiger partial charge >= 0.3 is 0 Å². The molecular weight excluding hydrogens is 328 g/mol. The summed E-state index contributed by atoms with van der Waals surface area (Å²) in [5, 5.41) is 6.02. The van der Waals surface area contributed by atoms with Gasteiger partial charge in [0.1, 0.15) is 23.6 Å². The molecule has 6 nitrogen and oxygen atoms in total. The summed E-state index contributed by atoms with van der Waals surface area (Å²) in [6, 6.07) is 15.0. The van der Waals surface area contributed by atoms with Crippen molar-refractivity contribution in [2.75, 3.05) is 17.7 Å². The van der Waals surface area contributed by atoms with E-state index in [1.165, 1.54) is 6.33 Å². The normalized spacial score (nSPS) is 10.3. The zero-order chi connectivity index (χ0) is 18.5. The molecular formula is C20H20N4O2. The molecule has 0 unspecified atom stereocenters. The largest absolute Gasteiger partial charge is 0.495 e. The molecule has 3 aromatic rings. The van der Waals surface area contributed by atoms with Crippen molar-refractivity contribution < 1.29 is 9.53 Å². The van der Waals surface area contributed by atoms with Crippen LogP contribution in [-0.4, -0.2) is 23.0 Å². The Balaban J connectivity index is 1.79. The monoisotopic (exact) mass is 348 g/mol. The van der Waals surface area contributed by atoms with Crippen molar-refractivity contribution in [3.05, 3.63) is 71.7 Å². The van der Waals surface area contributed by atoms with Crippen molar-refractivity contribution >= 4 is 23.1 Å². The molecule has 0 spiro atoms. The molecule has 132 valence electrons. The van der Waals surface area contributed by atoms with Gasteiger partial charge in [-0.15, -0.1) is 0 Å². The second-order valence-corrected chi connectivity index (χ2v) is 5.94. The van der Waals surface area contributed by atoms with Crippen molar-refractivity contribution in [2.24, 2.45) is 0 Å². The fourth-order valence-corrected chi connectivity index (χ4v) is 2.68. The van der Waals surface area contributed by atoms with Gasteiger partial charge < -0.3 is 15.4 Å². The summed E-state index contributed by atoms with van der Waals surface area (Å²) in [4.78, 5) is 20.8. The lowest BCUT2D eigenvalue weighted by atomic mass is 10.1. The van der Waals surface area contributed by atoms with Gasteiger partial charge in [0.05, 0.1) is 12.8 Å². The summed E-state index contributed by atoms with van der Waals surface area (Å²) in [5.74, 6) is 0.905. The molecule has 0 aliphatic rings. The van der Waals surface area contributed by atoms with Crippen molar-refractivity contribution in [2.45, 2.75) is 13.8 Å². The van der Waals surface area contributed by atoms with Gasteiger partial charge in [-0.2, -0.15) is 0 Å². The Kier molecular flexibility index (Phi) is 5.12. The van der Waals surface area contributed by atoms with Gasteiger partial charge in [0.2, 0.25) is 0 Å². The molecule has 0 bridgehead atoms. The number of hydrogen-bond donors (Lipinski definition) is 2. The molecule has 0 fully saturated rings. The summed E-state index contributed by atoms with van der Waals surface area (Å²) >= 11 is 0. The Bertz CT molecular complexity index is 920. The highest BCUT2D eigenvalue weighted by atomic mass is 16.5. The van der Waals surface area contributed by atoms with Gasteiger partial charge in [-0.3, -0.25) is 4.79 Å². The van der Waals surface area contributed by atoms with Gasteiger partial charge in [0, 0.05) is 11.8 Å². The average molecular weight is 348 g/mol. The van der Waals surface area contributed by atoms with E-state index in [0.29, 0.717) is 11.6 Å². The van der Waals surface area contributed by atoms with Crippen LogP contribution in [0.15, 0.2) is 54.9 Å². The second-order valence-electron chi connectivity index (χ2n) is 5.94. The third kappa shape index (κ3) is 4.16. The molecule has 1 heterocycles. The molecule has 6 heteroatoms. The molecule has 0 saturated carbocycles. The van der Waals surface area contributed by atoms with Gasteiger partial charge in [0.15, 0.2) is 0 Å². The highest BCUT2D eigenvalue weighted by molar-refractivity contribution is 6.03. The lowest BCUT2D eigenvalue weighted by Crippen LogP contribution is -2.14. The molecule has 0 radical (unpaired) electrons. The predicted molar refractivity (Wildman–Crippen MR) is 102 cm³/mol. The van der Waals surface area contributed by atoms with Crippen LogP contribution in [-0.2, 0) is 0 Å². The zero-order valence-corrected chi connectivity index (χ0v) is 14.9. The molecule has 2 aromatic carbocycles. The highest BCUT2D eigenvalue weighted by Gasteiger charge is 2.11. The fourth-order valence-electron chi connectivity index (χ4n) is 2.68. The number of hydrogen-bond acceptors (Lipinski definition) is 5. The van der Waals surface area contributed by atoms with Crippen LogP contribution in [0.25, 0.3) is 0 Å². The number of para-hydroxylation sites is 2. The zero-order valence-electron chi connectivity index (χ0n) is 14.9. The Hall–Kier alpha value is -3.41. The lowest BCUT2D eigenvalue weighted by molar-refractivity contribution is 0.102. The number of methoxy groups -OCH3 is 1. The Morgan fingerprint density at radius 3 is 2.46 bits per heavy atom. The number of carbonyl (C=O) groups is 1. The van der Waals surface area contributed by atoms with E-state index in [2.05, 4.69) is 26.7 Å². The third-order valence-electron chi connectivity index (χ3n) is 3.75. The number of amides is 1. The molecule has 0 aliphatic heterocycles. The average Bonchev–Trinajstić information content (AvgIpc) is 2.61. The number of nitrogens with zero attached hydrogens (tertiary/aromatic N) is 2. The number of carbonyl (C=O) groups excluding carboxylic acids is 1. The van der Waals surface area contributed by atoms with E-state index in [0.717, 1.165) is 22.5 Å². The number of anilines is 3. The number of benzene rings is 2. The molecule has 1 amide bonds. The first-order valence-electron chi connectivity index (χ1n) is 8.17. The number of nitrogens with one attached hydrogen (secondary N) is 2. The smallest absolute Gasteiger partial charge is 0.274 e. The topological polar surface area (TPSA) is 76.1 Å². The number of aryl methyl sites for hydroxylation is 2. The van der Waals surface area contributed by atoms with E-state index in [9.17, 15) is 4.79 Å². The van der Waals surface area contributed by atoms with E-state index in [1.54, 1.807) is 13.2 Å². The van der Waals surface area contributed by atoms with Crippen molar-refractivity contribution in [3.8, 4) is 5.75 Å². The molecule has 26 heavy (non-hydrogen) atoms. The first-order valence-corrected chi connectivity index (χ1v) is 8.17. The van der Waals surface area contributed by atoms with Crippen LogP contribution >= 0.6 is 0 Å². The van der Waals surface area contributed by atoms with Crippen LogP contribution in [0, 0.1) is 13.8 Å². The van der Waals surface area contributed by atoms with Crippen molar-refractivity contribution in [1.29, 1.82) is 0 Å². The Morgan fingerprint density at radius 2 is 1.73 bits per heavy atom.